The highest BCUT2D eigenvalue weighted by molar-refractivity contribution is 7.89. The highest BCUT2D eigenvalue weighted by Crippen LogP contribution is 2.31. The van der Waals surface area contributed by atoms with E-state index < -0.39 is 40.3 Å². The molecule has 1 saturated carbocycles. The molecular formula is C22H28N4O6S. The number of nitrogens with one attached hydrogen (secondary N) is 1. The molecule has 3 aliphatic rings. The van der Waals surface area contributed by atoms with E-state index in [0.29, 0.717) is 24.4 Å². The number of rotatable bonds is 6. The van der Waals surface area contributed by atoms with Crippen LogP contribution in [0.5, 0.6) is 0 Å². The van der Waals surface area contributed by atoms with Gasteiger partial charge in [0.1, 0.15) is 6.54 Å². The zero-order chi connectivity index (χ0) is 23.8. The molecule has 5 amide bonds. The summed E-state index contributed by atoms with van der Waals surface area (Å²) in [6.45, 7) is 2.25. The van der Waals surface area contributed by atoms with Gasteiger partial charge in [-0.3, -0.25) is 19.3 Å². The van der Waals surface area contributed by atoms with Crippen molar-refractivity contribution in [2.45, 2.75) is 56.4 Å². The van der Waals surface area contributed by atoms with E-state index in [4.69, 9.17) is 0 Å². The Morgan fingerprint density at radius 3 is 2.42 bits per heavy atom. The third-order valence-electron chi connectivity index (χ3n) is 6.60. The first-order chi connectivity index (χ1) is 15.7. The van der Waals surface area contributed by atoms with Gasteiger partial charge in [0, 0.05) is 24.8 Å². The summed E-state index contributed by atoms with van der Waals surface area (Å²) in [6, 6.07) is 4.72. The maximum absolute atomic E-state index is 12.8. The number of sulfonamides is 1. The molecule has 10 nitrogen and oxygen atoms in total. The number of carbonyl (C=O) groups is 4. The lowest BCUT2D eigenvalue weighted by Gasteiger charge is -2.34. The third-order valence-corrected chi connectivity index (χ3v) is 8.50. The van der Waals surface area contributed by atoms with E-state index >= 15 is 0 Å². The Morgan fingerprint density at radius 1 is 1.03 bits per heavy atom. The maximum atomic E-state index is 12.8. The van der Waals surface area contributed by atoms with Crippen LogP contribution in [0.3, 0.4) is 0 Å². The molecular weight excluding hydrogens is 448 g/mol. The SMILES string of the molecule is CC1CCCCC1N1C(=O)C(=O)N(CC(=O)Nc2cccc(S(=O)(=O)N3CCCC3)c2)C1=O. The molecule has 11 heteroatoms. The second kappa shape index (κ2) is 9.22. The van der Waals surface area contributed by atoms with Gasteiger partial charge < -0.3 is 5.32 Å². The van der Waals surface area contributed by atoms with Gasteiger partial charge in [0.25, 0.3) is 0 Å². The topological polar surface area (TPSA) is 124 Å². The van der Waals surface area contributed by atoms with Crippen LogP contribution in [-0.4, -0.2) is 72.0 Å². The van der Waals surface area contributed by atoms with Crippen LogP contribution in [0.1, 0.15) is 45.4 Å². The lowest BCUT2D eigenvalue weighted by Crippen LogP contribution is -2.46. The predicted octanol–water partition coefficient (Wildman–Crippen LogP) is 1.78. The van der Waals surface area contributed by atoms with Crippen LogP contribution >= 0.6 is 0 Å². The van der Waals surface area contributed by atoms with Crippen molar-refractivity contribution in [3.8, 4) is 0 Å². The van der Waals surface area contributed by atoms with Crippen LogP contribution in [0, 0.1) is 5.92 Å². The van der Waals surface area contributed by atoms with Gasteiger partial charge in [-0.25, -0.2) is 18.1 Å². The summed E-state index contributed by atoms with van der Waals surface area (Å²) in [5.41, 5.74) is 0.225. The number of carbonyl (C=O) groups excluding carboxylic acids is 4. The minimum absolute atomic E-state index is 0.0585. The van der Waals surface area contributed by atoms with Crippen LogP contribution in [0.4, 0.5) is 10.5 Å². The number of anilines is 1. The van der Waals surface area contributed by atoms with Gasteiger partial charge in [-0.05, 0) is 49.8 Å². The minimum Gasteiger partial charge on any atom is -0.324 e. The molecule has 1 aromatic rings. The number of imide groups is 2. The number of hydrogen-bond acceptors (Lipinski definition) is 6. The predicted molar refractivity (Wildman–Crippen MR) is 118 cm³/mol. The Balaban J connectivity index is 1.44. The molecule has 1 N–H and O–H groups in total. The van der Waals surface area contributed by atoms with Gasteiger partial charge in [0.05, 0.1) is 4.90 Å². The largest absolute Gasteiger partial charge is 0.334 e. The van der Waals surface area contributed by atoms with Gasteiger partial charge >= 0.3 is 17.8 Å². The first-order valence-corrected chi connectivity index (χ1v) is 12.7. The van der Waals surface area contributed by atoms with Crippen molar-refractivity contribution >= 4 is 39.5 Å². The van der Waals surface area contributed by atoms with Crippen LogP contribution in [0.2, 0.25) is 0 Å². The number of urea groups is 1. The van der Waals surface area contributed by atoms with Crippen LogP contribution in [-0.2, 0) is 24.4 Å². The molecule has 0 aromatic heterocycles. The summed E-state index contributed by atoms with van der Waals surface area (Å²) in [4.78, 5) is 52.1. The molecule has 2 aliphatic heterocycles. The molecule has 0 radical (unpaired) electrons. The second-order valence-electron chi connectivity index (χ2n) is 8.87. The first kappa shape index (κ1) is 23.4. The van der Waals surface area contributed by atoms with E-state index in [1.165, 1.54) is 28.6 Å². The Labute approximate surface area is 192 Å². The van der Waals surface area contributed by atoms with E-state index in [2.05, 4.69) is 5.32 Å². The quantitative estimate of drug-likeness (QED) is 0.493. The fourth-order valence-corrected chi connectivity index (χ4v) is 6.35. The molecule has 2 unspecified atom stereocenters. The summed E-state index contributed by atoms with van der Waals surface area (Å²) in [6.07, 6.45) is 5.01. The molecule has 2 saturated heterocycles. The molecule has 1 aliphatic carbocycles. The van der Waals surface area contributed by atoms with Crippen molar-refractivity contribution in [1.82, 2.24) is 14.1 Å². The molecule has 4 rings (SSSR count). The molecule has 0 bridgehead atoms. The normalized spacial score (nSPS) is 24.6. The lowest BCUT2D eigenvalue weighted by atomic mass is 9.85. The van der Waals surface area contributed by atoms with Gasteiger partial charge in [-0.15, -0.1) is 0 Å². The van der Waals surface area contributed by atoms with Crippen LogP contribution in [0.15, 0.2) is 29.2 Å². The third kappa shape index (κ3) is 4.51. The Bertz CT molecular complexity index is 1080. The van der Waals surface area contributed by atoms with E-state index in [1.54, 1.807) is 0 Å². The summed E-state index contributed by atoms with van der Waals surface area (Å²) < 4.78 is 26.9. The van der Waals surface area contributed by atoms with Crippen molar-refractivity contribution in [3.63, 3.8) is 0 Å². The lowest BCUT2D eigenvalue weighted by molar-refractivity contribution is -0.145. The molecule has 2 atom stereocenters. The fourth-order valence-electron chi connectivity index (χ4n) is 4.79. The zero-order valence-corrected chi connectivity index (χ0v) is 19.3. The molecule has 2 heterocycles. The van der Waals surface area contributed by atoms with Crippen molar-refractivity contribution in [3.05, 3.63) is 24.3 Å². The van der Waals surface area contributed by atoms with E-state index in [-0.39, 0.29) is 22.5 Å². The second-order valence-corrected chi connectivity index (χ2v) is 10.8. The molecule has 1 aromatic carbocycles. The van der Waals surface area contributed by atoms with Crippen LogP contribution < -0.4 is 5.32 Å². The monoisotopic (exact) mass is 476 g/mol. The Morgan fingerprint density at radius 2 is 1.73 bits per heavy atom. The van der Waals surface area contributed by atoms with Crippen molar-refractivity contribution in [1.29, 1.82) is 0 Å². The minimum atomic E-state index is -3.66. The number of nitrogens with zero attached hydrogens (tertiary/aromatic N) is 3. The Hall–Kier alpha value is -2.79. The average Bonchev–Trinajstić information content (AvgIpc) is 3.40. The smallest absolute Gasteiger partial charge is 0.324 e. The molecule has 3 fully saturated rings. The summed E-state index contributed by atoms with van der Waals surface area (Å²) in [5.74, 6) is -2.52. The van der Waals surface area contributed by atoms with Crippen molar-refractivity contribution < 1.29 is 27.6 Å². The highest BCUT2D eigenvalue weighted by Gasteiger charge is 2.49. The van der Waals surface area contributed by atoms with E-state index in [1.807, 2.05) is 6.92 Å². The first-order valence-electron chi connectivity index (χ1n) is 11.3. The van der Waals surface area contributed by atoms with Gasteiger partial charge in [-0.1, -0.05) is 25.8 Å². The fraction of sp³-hybridized carbons (Fsp3) is 0.545. The maximum Gasteiger partial charge on any atom is 0.334 e. The van der Waals surface area contributed by atoms with E-state index in [9.17, 15) is 27.6 Å². The number of hydrogen-bond donors (Lipinski definition) is 1. The van der Waals surface area contributed by atoms with Gasteiger partial charge in [0.2, 0.25) is 15.9 Å². The van der Waals surface area contributed by atoms with Crippen LogP contribution in [0.25, 0.3) is 0 Å². The summed E-state index contributed by atoms with van der Waals surface area (Å²) in [5, 5.41) is 2.53. The Kier molecular flexibility index (Phi) is 6.53. The average molecular weight is 477 g/mol. The standard InChI is InChI=1S/C22H28N4O6S/c1-15-7-2-3-10-18(15)26-21(29)20(28)25(22(26)30)14-19(27)23-16-8-6-9-17(13-16)33(31,32)24-11-4-5-12-24/h6,8-9,13,15,18H,2-5,7,10-12,14H2,1H3,(H,23,27). The zero-order valence-electron chi connectivity index (χ0n) is 18.5. The van der Waals surface area contributed by atoms with Crippen molar-refractivity contribution in [2.24, 2.45) is 5.92 Å². The van der Waals surface area contributed by atoms with Gasteiger partial charge in [0.15, 0.2) is 0 Å². The highest BCUT2D eigenvalue weighted by atomic mass is 32.2. The molecule has 33 heavy (non-hydrogen) atoms. The van der Waals surface area contributed by atoms with Gasteiger partial charge in [-0.2, -0.15) is 4.31 Å². The van der Waals surface area contributed by atoms with E-state index in [0.717, 1.165) is 37.0 Å². The summed E-state index contributed by atoms with van der Waals surface area (Å²) >= 11 is 0. The summed E-state index contributed by atoms with van der Waals surface area (Å²) in [7, 11) is -3.66. The number of benzene rings is 1. The molecule has 0 spiro atoms. The molecule has 178 valence electrons. The number of amides is 5. The van der Waals surface area contributed by atoms with Crippen molar-refractivity contribution in [2.75, 3.05) is 25.0 Å².